The SMILES string of the molecule is Cc1ccc(Cl)c2sc(N(Cc3ccccn3)C(=O)c3cccc([N+](=O)[O-])c3)nc12. The summed E-state index contributed by atoms with van der Waals surface area (Å²) in [5.74, 6) is -0.405. The maximum absolute atomic E-state index is 13.4. The number of nitrogens with zero attached hydrogens (tertiary/aromatic N) is 4. The van der Waals surface area contributed by atoms with Crippen LogP contribution in [0.1, 0.15) is 21.6 Å². The number of thiazole rings is 1. The first-order valence-electron chi connectivity index (χ1n) is 8.96. The van der Waals surface area contributed by atoms with E-state index in [1.807, 2.05) is 19.1 Å². The Morgan fingerprint density at radius 3 is 2.73 bits per heavy atom. The van der Waals surface area contributed by atoms with Crippen molar-refractivity contribution in [3.63, 3.8) is 0 Å². The first kappa shape index (κ1) is 19.9. The molecule has 0 radical (unpaired) electrons. The van der Waals surface area contributed by atoms with Crippen LogP contribution in [0.3, 0.4) is 0 Å². The van der Waals surface area contributed by atoms with Crippen LogP contribution in [0.25, 0.3) is 10.2 Å². The molecule has 0 bridgehead atoms. The topological polar surface area (TPSA) is 89.2 Å². The van der Waals surface area contributed by atoms with Crippen molar-refractivity contribution in [2.75, 3.05) is 4.90 Å². The predicted octanol–water partition coefficient (Wildman–Crippen LogP) is 5.41. The standard InChI is InChI=1S/C21H15ClN4O3S/c1-13-8-9-17(22)19-18(13)24-21(30-19)25(12-15-6-2-3-10-23-15)20(27)14-5-4-7-16(11-14)26(28)29/h2-11H,12H2,1H3. The van der Waals surface area contributed by atoms with Gasteiger partial charge in [-0.25, -0.2) is 4.98 Å². The molecule has 4 rings (SSSR count). The number of aromatic nitrogens is 2. The van der Waals surface area contributed by atoms with Gasteiger partial charge in [-0.2, -0.15) is 0 Å². The fourth-order valence-electron chi connectivity index (χ4n) is 2.99. The van der Waals surface area contributed by atoms with E-state index in [-0.39, 0.29) is 17.8 Å². The van der Waals surface area contributed by atoms with E-state index in [1.54, 1.807) is 30.5 Å². The summed E-state index contributed by atoms with van der Waals surface area (Å²) in [5, 5.41) is 12.1. The first-order chi connectivity index (χ1) is 14.4. The molecule has 0 N–H and O–H groups in total. The monoisotopic (exact) mass is 438 g/mol. The summed E-state index contributed by atoms with van der Waals surface area (Å²) in [6.07, 6.45) is 1.64. The molecule has 7 nitrogen and oxygen atoms in total. The molecule has 150 valence electrons. The summed E-state index contributed by atoms with van der Waals surface area (Å²) in [6, 6.07) is 14.7. The van der Waals surface area contributed by atoms with Crippen LogP contribution in [0.2, 0.25) is 5.02 Å². The van der Waals surface area contributed by atoms with E-state index in [1.165, 1.54) is 34.4 Å². The third kappa shape index (κ3) is 3.87. The number of non-ortho nitro benzene ring substituents is 1. The van der Waals surface area contributed by atoms with Crippen LogP contribution in [0.5, 0.6) is 0 Å². The maximum Gasteiger partial charge on any atom is 0.270 e. The van der Waals surface area contributed by atoms with Gasteiger partial charge in [0.1, 0.15) is 0 Å². The van der Waals surface area contributed by atoms with Crippen molar-refractivity contribution in [1.29, 1.82) is 0 Å². The molecule has 0 aliphatic carbocycles. The molecule has 9 heteroatoms. The Bertz CT molecular complexity index is 1220. The maximum atomic E-state index is 13.4. The number of amides is 1. The number of fused-ring (bicyclic) bond motifs is 1. The Balaban J connectivity index is 1.82. The van der Waals surface area contributed by atoms with E-state index in [2.05, 4.69) is 9.97 Å². The number of carbonyl (C=O) groups is 1. The van der Waals surface area contributed by atoms with Crippen molar-refractivity contribution >= 4 is 49.9 Å². The molecule has 2 aromatic heterocycles. The van der Waals surface area contributed by atoms with Crippen LogP contribution >= 0.6 is 22.9 Å². The van der Waals surface area contributed by atoms with Gasteiger partial charge in [-0.3, -0.25) is 24.8 Å². The average molecular weight is 439 g/mol. The number of nitro groups is 1. The molecule has 0 atom stereocenters. The molecule has 0 saturated heterocycles. The third-order valence-electron chi connectivity index (χ3n) is 4.51. The van der Waals surface area contributed by atoms with Crippen LogP contribution in [-0.4, -0.2) is 20.8 Å². The molecule has 2 heterocycles. The number of anilines is 1. The minimum absolute atomic E-state index is 0.151. The van der Waals surface area contributed by atoms with Crippen LogP contribution in [0, 0.1) is 17.0 Å². The number of carbonyl (C=O) groups excluding carboxylic acids is 1. The molecule has 0 aliphatic rings. The van der Waals surface area contributed by atoms with Crippen molar-refractivity contribution in [3.8, 4) is 0 Å². The zero-order chi connectivity index (χ0) is 21.3. The van der Waals surface area contributed by atoms with Crippen LogP contribution in [0.15, 0.2) is 60.8 Å². The molecule has 2 aromatic carbocycles. The first-order valence-corrected chi connectivity index (χ1v) is 10.2. The summed E-state index contributed by atoms with van der Waals surface area (Å²) in [4.78, 5) is 34.4. The minimum Gasteiger partial charge on any atom is -0.278 e. The Kier molecular flexibility index (Phi) is 5.43. The van der Waals surface area contributed by atoms with Crippen molar-refractivity contribution in [1.82, 2.24) is 9.97 Å². The number of hydrogen-bond donors (Lipinski definition) is 0. The number of aryl methyl sites for hydroxylation is 1. The van der Waals surface area contributed by atoms with E-state index < -0.39 is 10.8 Å². The fraction of sp³-hybridized carbons (Fsp3) is 0.0952. The number of pyridine rings is 1. The zero-order valence-electron chi connectivity index (χ0n) is 15.8. The van der Waals surface area contributed by atoms with E-state index in [4.69, 9.17) is 11.6 Å². The lowest BCUT2D eigenvalue weighted by Gasteiger charge is -2.19. The average Bonchev–Trinajstić information content (AvgIpc) is 3.21. The Labute approximate surface area is 180 Å². The number of hydrogen-bond acceptors (Lipinski definition) is 6. The second kappa shape index (κ2) is 8.17. The molecule has 0 saturated carbocycles. The number of rotatable bonds is 5. The van der Waals surface area contributed by atoms with Crippen LogP contribution in [-0.2, 0) is 6.54 Å². The van der Waals surface area contributed by atoms with Crippen molar-refractivity contribution in [3.05, 3.63) is 92.8 Å². The highest BCUT2D eigenvalue weighted by Gasteiger charge is 2.24. The summed E-state index contributed by atoms with van der Waals surface area (Å²) in [5.41, 5.74) is 2.38. The molecule has 0 spiro atoms. The number of benzene rings is 2. The van der Waals surface area contributed by atoms with Gasteiger partial charge in [0.25, 0.3) is 11.6 Å². The lowest BCUT2D eigenvalue weighted by atomic mass is 10.1. The molecule has 0 unspecified atom stereocenters. The molecule has 0 aliphatic heterocycles. The van der Waals surface area contributed by atoms with Crippen molar-refractivity contribution < 1.29 is 9.72 Å². The van der Waals surface area contributed by atoms with Crippen molar-refractivity contribution in [2.24, 2.45) is 0 Å². The van der Waals surface area contributed by atoms with Gasteiger partial charge in [0, 0.05) is 23.9 Å². The van der Waals surface area contributed by atoms with Gasteiger partial charge in [-0.1, -0.05) is 41.1 Å². The zero-order valence-corrected chi connectivity index (χ0v) is 17.4. The van der Waals surface area contributed by atoms with Gasteiger partial charge in [0.05, 0.1) is 32.4 Å². The molecule has 0 fully saturated rings. The third-order valence-corrected chi connectivity index (χ3v) is 6.05. The molecule has 4 aromatic rings. The van der Waals surface area contributed by atoms with Gasteiger partial charge in [0.15, 0.2) is 5.13 Å². The van der Waals surface area contributed by atoms with Crippen molar-refractivity contribution in [2.45, 2.75) is 13.5 Å². The van der Waals surface area contributed by atoms with E-state index in [0.717, 1.165) is 15.8 Å². The summed E-state index contributed by atoms with van der Waals surface area (Å²) >= 11 is 7.64. The van der Waals surface area contributed by atoms with E-state index in [9.17, 15) is 14.9 Å². The quantitative estimate of drug-likeness (QED) is 0.307. The van der Waals surface area contributed by atoms with E-state index in [0.29, 0.717) is 15.8 Å². The lowest BCUT2D eigenvalue weighted by molar-refractivity contribution is -0.384. The van der Waals surface area contributed by atoms with Crippen LogP contribution in [0.4, 0.5) is 10.8 Å². The van der Waals surface area contributed by atoms with E-state index >= 15 is 0 Å². The highest BCUT2D eigenvalue weighted by atomic mass is 35.5. The Morgan fingerprint density at radius 1 is 1.20 bits per heavy atom. The second-order valence-corrected chi connectivity index (χ2v) is 7.94. The highest BCUT2D eigenvalue weighted by molar-refractivity contribution is 7.23. The fourth-order valence-corrected chi connectivity index (χ4v) is 4.31. The van der Waals surface area contributed by atoms with Gasteiger partial charge < -0.3 is 0 Å². The second-order valence-electron chi connectivity index (χ2n) is 6.56. The molecule has 1 amide bonds. The van der Waals surface area contributed by atoms with Crippen LogP contribution < -0.4 is 4.90 Å². The molecular weight excluding hydrogens is 424 g/mol. The number of nitro benzene ring substituents is 1. The summed E-state index contributed by atoms with van der Waals surface area (Å²) in [7, 11) is 0. The minimum atomic E-state index is -0.527. The van der Waals surface area contributed by atoms with Gasteiger partial charge >= 0.3 is 0 Å². The smallest absolute Gasteiger partial charge is 0.270 e. The summed E-state index contributed by atoms with van der Waals surface area (Å²) < 4.78 is 0.782. The number of halogens is 1. The normalized spacial score (nSPS) is 10.9. The molecular formula is C21H15ClN4O3S. The molecule has 30 heavy (non-hydrogen) atoms. The summed E-state index contributed by atoms with van der Waals surface area (Å²) in [6.45, 7) is 2.09. The Hall–Kier alpha value is -3.36. The largest absolute Gasteiger partial charge is 0.278 e. The highest BCUT2D eigenvalue weighted by Crippen LogP contribution is 2.36. The van der Waals surface area contributed by atoms with Gasteiger partial charge in [0.2, 0.25) is 0 Å². The Morgan fingerprint density at radius 2 is 2.03 bits per heavy atom. The predicted molar refractivity (Wildman–Crippen MR) is 117 cm³/mol. The lowest BCUT2D eigenvalue weighted by Crippen LogP contribution is -2.30. The van der Waals surface area contributed by atoms with Gasteiger partial charge in [-0.15, -0.1) is 0 Å². The van der Waals surface area contributed by atoms with Gasteiger partial charge in [-0.05, 0) is 36.8 Å².